The fourth-order valence-electron chi connectivity index (χ4n) is 3.49. The van der Waals surface area contributed by atoms with Gasteiger partial charge in [-0.2, -0.15) is 0 Å². The highest BCUT2D eigenvalue weighted by molar-refractivity contribution is 7.14. The molecule has 2 heterocycles. The molecule has 3 rings (SSSR count). The molecule has 0 aliphatic carbocycles. The van der Waals surface area contributed by atoms with E-state index in [-0.39, 0.29) is 0 Å². The van der Waals surface area contributed by atoms with Gasteiger partial charge in [-0.1, -0.05) is 6.07 Å². The zero-order valence-electron chi connectivity index (χ0n) is 17.8. The number of hydrogen-bond acceptors (Lipinski definition) is 6. The third kappa shape index (κ3) is 5.66. The Balaban J connectivity index is 1.60. The summed E-state index contributed by atoms with van der Waals surface area (Å²) in [6, 6.07) is 10.1. The van der Waals surface area contributed by atoms with Gasteiger partial charge < -0.3 is 25.0 Å². The standard InChI is InChI=1S/C22H30N4O3S/c1-4-23-22(25-17-9-11-26(12-10-17)20-6-5-13-30-20)24-15-16-7-8-18(21(27)29-3)19(14-16)28-2/h5-8,13-14,17H,4,9-12,15H2,1-3H3,(H2,23,24,25). The van der Waals surface area contributed by atoms with Crippen molar-refractivity contribution in [2.75, 3.05) is 38.8 Å². The van der Waals surface area contributed by atoms with Gasteiger partial charge in [0.25, 0.3) is 0 Å². The monoisotopic (exact) mass is 430 g/mol. The van der Waals surface area contributed by atoms with Crippen molar-refractivity contribution in [2.24, 2.45) is 4.99 Å². The van der Waals surface area contributed by atoms with Crippen LogP contribution in [0.25, 0.3) is 0 Å². The zero-order chi connectivity index (χ0) is 21.3. The number of methoxy groups -OCH3 is 2. The van der Waals surface area contributed by atoms with E-state index in [0.29, 0.717) is 23.9 Å². The SMILES string of the molecule is CCNC(=NCc1ccc(C(=O)OC)c(OC)c1)NC1CCN(c2cccs2)CC1. The van der Waals surface area contributed by atoms with Crippen LogP contribution >= 0.6 is 11.3 Å². The van der Waals surface area contributed by atoms with Crippen LogP contribution in [0.5, 0.6) is 5.75 Å². The molecular formula is C22H30N4O3S. The number of nitrogens with one attached hydrogen (secondary N) is 2. The average molecular weight is 431 g/mol. The normalized spacial score (nSPS) is 15.0. The summed E-state index contributed by atoms with van der Waals surface area (Å²) in [5.74, 6) is 0.891. The van der Waals surface area contributed by atoms with Gasteiger partial charge in [-0.25, -0.2) is 9.79 Å². The van der Waals surface area contributed by atoms with Crippen molar-refractivity contribution >= 4 is 28.3 Å². The van der Waals surface area contributed by atoms with Crippen molar-refractivity contribution in [1.82, 2.24) is 10.6 Å². The van der Waals surface area contributed by atoms with Crippen LogP contribution in [0.1, 0.15) is 35.7 Å². The number of nitrogens with zero attached hydrogens (tertiary/aromatic N) is 2. The molecule has 0 saturated carbocycles. The van der Waals surface area contributed by atoms with Gasteiger partial charge in [-0.3, -0.25) is 0 Å². The van der Waals surface area contributed by atoms with Gasteiger partial charge in [0.1, 0.15) is 11.3 Å². The Kier molecular flexibility index (Phi) is 7.96. The predicted molar refractivity (Wildman–Crippen MR) is 122 cm³/mol. The second kappa shape index (κ2) is 10.9. The summed E-state index contributed by atoms with van der Waals surface area (Å²) >= 11 is 1.80. The Morgan fingerprint density at radius 1 is 1.27 bits per heavy atom. The summed E-state index contributed by atoms with van der Waals surface area (Å²) in [6.45, 7) is 5.43. The van der Waals surface area contributed by atoms with Gasteiger partial charge in [-0.15, -0.1) is 11.3 Å². The minimum atomic E-state index is -0.411. The van der Waals surface area contributed by atoms with E-state index in [1.807, 2.05) is 12.1 Å². The van der Waals surface area contributed by atoms with Crippen LogP contribution in [0, 0.1) is 0 Å². The van der Waals surface area contributed by atoms with Crippen molar-refractivity contribution in [3.8, 4) is 5.75 Å². The van der Waals surface area contributed by atoms with Gasteiger partial charge in [0.2, 0.25) is 0 Å². The Bertz CT molecular complexity index is 846. The molecule has 1 aromatic heterocycles. The molecule has 0 radical (unpaired) electrons. The number of ether oxygens (including phenoxy) is 2. The van der Waals surface area contributed by atoms with E-state index in [1.165, 1.54) is 12.1 Å². The molecule has 1 aromatic carbocycles. The summed E-state index contributed by atoms with van der Waals surface area (Å²) in [6.07, 6.45) is 2.15. The second-order valence-corrected chi connectivity index (χ2v) is 8.00. The molecule has 7 nitrogen and oxygen atoms in total. The van der Waals surface area contributed by atoms with E-state index < -0.39 is 5.97 Å². The number of aliphatic imine (C=N–C) groups is 1. The molecule has 162 valence electrons. The number of hydrogen-bond donors (Lipinski definition) is 2. The van der Waals surface area contributed by atoms with E-state index in [9.17, 15) is 4.79 Å². The molecule has 1 aliphatic rings. The number of carbonyl (C=O) groups is 1. The maximum Gasteiger partial charge on any atom is 0.341 e. The van der Waals surface area contributed by atoms with Crippen molar-refractivity contribution in [1.29, 1.82) is 0 Å². The molecule has 0 spiro atoms. The van der Waals surface area contributed by atoms with Crippen LogP contribution in [0.2, 0.25) is 0 Å². The van der Waals surface area contributed by atoms with Crippen LogP contribution < -0.4 is 20.3 Å². The number of carbonyl (C=O) groups excluding carboxylic acids is 1. The molecule has 0 bridgehead atoms. The van der Waals surface area contributed by atoms with Crippen molar-refractivity contribution in [3.05, 3.63) is 46.8 Å². The molecule has 2 N–H and O–H groups in total. The third-order valence-electron chi connectivity index (χ3n) is 5.09. The minimum Gasteiger partial charge on any atom is -0.496 e. The van der Waals surface area contributed by atoms with Gasteiger partial charge in [-0.05, 0) is 55.0 Å². The highest BCUT2D eigenvalue weighted by Crippen LogP contribution is 2.25. The molecule has 8 heteroatoms. The number of thiophene rings is 1. The van der Waals surface area contributed by atoms with Gasteiger partial charge in [0.05, 0.1) is 25.8 Å². The van der Waals surface area contributed by atoms with Crippen LogP contribution in [0.15, 0.2) is 40.7 Å². The summed E-state index contributed by atoms with van der Waals surface area (Å²) in [5, 5.41) is 10.4. The van der Waals surface area contributed by atoms with Crippen LogP contribution in [0.3, 0.4) is 0 Å². The first kappa shape index (κ1) is 22.0. The predicted octanol–water partition coefficient (Wildman–Crippen LogP) is 3.27. The summed E-state index contributed by atoms with van der Waals surface area (Å²) < 4.78 is 10.1. The zero-order valence-corrected chi connectivity index (χ0v) is 18.6. The lowest BCUT2D eigenvalue weighted by atomic mass is 10.1. The number of benzene rings is 1. The Morgan fingerprint density at radius 2 is 2.07 bits per heavy atom. The summed E-state index contributed by atoms with van der Waals surface area (Å²) in [5.41, 5.74) is 1.37. The molecule has 2 aromatic rings. The minimum absolute atomic E-state index is 0.398. The smallest absolute Gasteiger partial charge is 0.341 e. The Morgan fingerprint density at radius 3 is 2.70 bits per heavy atom. The lowest BCUT2D eigenvalue weighted by molar-refractivity contribution is 0.0597. The topological polar surface area (TPSA) is 75.2 Å². The Labute approximate surface area is 182 Å². The molecule has 1 saturated heterocycles. The number of piperidine rings is 1. The van der Waals surface area contributed by atoms with Gasteiger partial charge in [0, 0.05) is 25.7 Å². The maximum absolute atomic E-state index is 11.8. The first-order chi connectivity index (χ1) is 14.6. The first-order valence-electron chi connectivity index (χ1n) is 10.2. The van der Waals surface area contributed by atoms with Crippen molar-refractivity contribution in [3.63, 3.8) is 0 Å². The second-order valence-electron chi connectivity index (χ2n) is 7.08. The van der Waals surface area contributed by atoms with Crippen molar-refractivity contribution in [2.45, 2.75) is 32.4 Å². The van der Waals surface area contributed by atoms with E-state index in [2.05, 4.69) is 40.0 Å². The lowest BCUT2D eigenvalue weighted by Crippen LogP contribution is -2.48. The Hall–Kier alpha value is -2.74. The molecule has 0 unspecified atom stereocenters. The van der Waals surface area contributed by atoms with Crippen molar-refractivity contribution < 1.29 is 14.3 Å². The molecule has 1 fully saturated rings. The molecule has 0 amide bonds. The highest BCUT2D eigenvalue weighted by atomic mass is 32.1. The highest BCUT2D eigenvalue weighted by Gasteiger charge is 2.20. The number of anilines is 1. The molecule has 30 heavy (non-hydrogen) atoms. The first-order valence-corrected chi connectivity index (χ1v) is 11.1. The quantitative estimate of drug-likeness (QED) is 0.399. The number of esters is 1. The fourth-order valence-corrected chi connectivity index (χ4v) is 4.28. The van der Waals surface area contributed by atoms with E-state index in [4.69, 9.17) is 14.5 Å². The molecule has 1 aliphatic heterocycles. The van der Waals surface area contributed by atoms with Crippen LogP contribution in [0.4, 0.5) is 5.00 Å². The molecule has 0 atom stereocenters. The average Bonchev–Trinajstić information content (AvgIpc) is 3.32. The number of guanidine groups is 1. The van der Waals surface area contributed by atoms with Crippen LogP contribution in [-0.4, -0.2) is 51.8 Å². The summed E-state index contributed by atoms with van der Waals surface area (Å²) in [4.78, 5) is 19.0. The third-order valence-corrected chi connectivity index (χ3v) is 6.02. The maximum atomic E-state index is 11.8. The molecular weight excluding hydrogens is 400 g/mol. The van der Waals surface area contributed by atoms with E-state index in [0.717, 1.165) is 44.0 Å². The fraction of sp³-hybridized carbons (Fsp3) is 0.455. The number of rotatable bonds is 7. The van der Waals surface area contributed by atoms with Gasteiger partial charge >= 0.3 is 5.97 Å². The van der Waals surface area contributed by atoms with Crippen LogP contribution in [-0.2, 0) is 11.3 Å². The van der Waals surface area contributed by atoms with E-state index >= 15 is 0 Å². The largest absolute Gasteiger partial charge is 0.496 e. The van der Waals surface area contributed by atoms with Gasteiger partial charge in [0.15, 0.2) is 5.96 Å². The lowest BCUT2D eigenvalue weighted by Gasteiger charge is -2.33. The summed E-state index contributed by atoms with van der Waals surface area (Å²) in [7, 11) is 2.91. The van der Waals surface area contributed by atoms with E-state index in [1.54, 1.807) is 24.5 Å².